The van der Waals surface area contributed by atoms with E-state index in [-0.39, 0.29) is 6.42 Å². The number of rotatable bonds is 4. The van der Waals surface area contributed by atoms with Crippen molar-refractivity contribution in [1.82, 2.24) is 4.98 Å². The molecule has 0 radical (unpaired) electrons. The number of hydrogen-bond donors (Lipinski definition) is 1. The minimum atomic E-state index is -0.848. The van der Waals surface area contributed by atoms with Gasteiger partial charge < -0.3 is 9.52 Å². The third-order valence-electron chi connectivity index (χ3n) is 2.73. The van der Waals surface area contributed by atoms with Crippen LogP contribution in [0.4, 0.5) is 0 Å². The van der Waals surface area contributed by atoms with E-state index in [0.717, 1.165) is 9.99 Å². The molecule has 1 aromatic heterocycles. The van der Waals surface area contributed by atoms with Crippen molar-refractivity contribution >= 4 is 33.0 Å². The maximum Gasteiger partial charge on any atom is 0.303 e. The van der Waals surface area contributed by atoms with E-state index in [4.69, 9.17) is 9.52 Å². The van der Waals surface area contributed by atoms with Gasteiger partial charge in [0, 0.05) is 6.42 Å². The fraction of sp³-hybridized carbons (Fsp3) is 0.385. The third kappa shape index (κ3) is 2.72. The molecule has 0 bridgehead atoms. The standard InChI is InChI=1S/C13H14BrNO3/c1-7(2)8-5-9(14)13-10(6-8)15-11(18-13)3-4-12(16)17/h5-7H,3-4H2,1-2H3,(H,16,17). The van der Waals surface area contributed by atoms with E-state index in [9.17, 15) is 4.79 Å². The van der Waals surface area contributed by atoms with Crippen LogP contribution in [0.3, 0.4) is 0 Å². The number of fused-ring (bicyclic) bond motifs is 1. The second kappa shape index (κ2) is 5.10. The lowest BCUT2D eigenvalue weighted by atomic mass is 10.0. The van der Waals surface area contributed by atoms with Gasteiger partial charge in [-0.3, -0.25) is 4.79 Å². The second-order valence-corrected chi connectivity index (χ2v) is 5.36. The molecular weight excluding hydrogens is 298 g/mol. The molecule has 0 spiro atoms. The fourth-order valence-electron chi connectivity index (χ4n) is 1.71. The molecule has 1 heterocycles. The summed E-state index contributed by atoms with van der Waals surface area (Å²) >= 11 is 3.46. The van der Waals surface area contributed by atoms with Crippen molar-refractivity contribution in [2.24, 2.45) is 0 Å². The highest BCUT2D eigenvalue weighted by molar-refractivity contribution is 9.10. The van der Waals surface area contributed by atoms with Crippen molar-refractivity contribution < 1.29 is 14.3 Å². The summed E-state index contributed by atoms with van der Waals surface area (Å²) in [7, 11) is 0. The minimum Gasteiger partial charge on any atom is -0.481 e. The Labute approximate surface area is 113 Å². The highest BCUT2D eigenvalue weighted by Crippen LogP contribution is 2.29. The third-order valence-corrected chi connectivity index (χ3v) is 3.32. The maximum atomic E-state index is 10.5. The molecule has 4 nitrogen and oxygen atoms in total. The number of benzene rings is 1. The first-order valence-corrected chi connectivity index (χ1v) is 6.57. The van der Waals surface area contributed by atoms with Crippen LogP contribution in [0.2, 0.25) is 0 Å². The first-order valence-electron chi connectivity index (χ1n) is 5.78. The topological polar surface area (TPSA) is 63.3 Å². The molecule has 0 fully saturated rings. The highest BCUT2D eigenvalue weighted by Gasteiger charge is 2.12. The molecule has 2 rings (SSSR count). The number of halogens is 1. The number of aromatic nitrogens is 1. The molecule has 1 N–H and O–H groups in total. The van der Waals surface area contributed by atoms with Gasteiger partial charge in [-0.05, 0) is 39.5 Å². The minimum absolute atomic E-state index is 0.0292. The summed E-state index contributed by atoms with van der Waals surface area (Å²) in [6.07, 6.45) is 0.342. The number of carboxylic acids is 1. The first-order chi connectivity index (χ1) is 8.47. The normalized spacial score (nSPS) is 11.3. The van der Waals surface area contributed by atoms with Crippen molar-refractivity contribution in [1.29, 1.82) is 0 Å². The summed E-state index contributed by atoms with van der Waals surface area (Å²) in [5, 5.41) is 8.64. The van der Waals surface area contributed by atoms with Gasteiger partial charge in [0.15, 0.2) is 11.5 Å². The van der Waals surface area contributed by atoms with Crippen LogP contribution < -0.4 is 0 Å². The lowest BCUT2D eigenvalue weighted by Crippen LogP contribution is -1.97. The van der Waals surface area contributed by atoms with Crippen molar-refractivity contribution in [3.8, 4) is 0 Å². The van der Waals surface area contributed by atoms with Gasteiger partial charge in [0.05, 0.1) is 10.9 Å². The van der Waals surface area contributed by atoms with Crippen LogP contribution in [0.25, 0.3) is 11.1 Å². The van der Waals surface area contributed by atoms with E-state index in [1.807, 2.05) is 12.1 Å². The molecule has 96 valence electrons. The molecule has 0 aliphatic carbocycles. The highest BCUT2D eigenvalue weighted by atomic mass is 79.9. The van der Waals surface area contributed by atoms with Crippen LogP contribution >= 0.6 is 15.9 Å². The van der Waals surface area contributed by atoms with Gasteiger partial charge in [0.1, 0.15) is 5.52 Å². The summed E-state index contributed by atoms with van der Waals surface area (Å²) in [4.78, 5) is 14.8. The smallest absolute Gasteiger partial charge is 0.303 e. The number of aliphatic carboxylic acids is 1. The number of carbonyl (C=O) groups is 1. The Bertz CT molecular complexity index is 589. The van der Waals surface area contributed by atoms with Gasteiger partial charge in [0.25, 0.3) is 0 Å². The molecule has 5 heteroatoms. The molecular formula is C13H14BrNO3. The van der Waals surface area contributed by atoms with Gasteiger partial charge in [-0.15, -0.1) is 0 Å². The van der Waals surface area contributed by atoms with Gasteiger partial charge >= 0.3 is 5.97 Å². The zero-order chi connectivity index (χ0) is 13.3. The van der Waals surface area contributed by atoms with E-state index < -0.39 is 5.97 Å². The molecule has 0 unspecified atom stereocenters. The molecule has 0 aliphatic rings. The fourth-order valence-corrected chi connectivity index (χ4v) is 2.26. The van der Waals surface area contributed by atoms with Crippen LogP contribution in [0.5, 0.6) is 0 Å². The Morgan fingerprint density at radius 1 is 1.50 bits per heavy atom. The lowest BCUT2D eigenvalue weighted by molar-refractivity contribution is -0.137. The van der Waals surface area contributed by atoms with Crippen LogP contribution in [0, 0.1) is 0 Å². The van der Waals surface area contributed by atoms with Crippen molar-refractivity contribution in [3.63, 3.8) is 0 Å². The van der Waals surface area contributed by atoms with E-state index in [1.54, 1.807) is 0 Å². The Morgan fingerprint density at radius 3 is 2.83 bits per heavy atom. The summed E-state index contributed by atoms with van der Waals surface area (Å²) in [6.45, 7) is 4.22. The van der Waals surface area contributed by atoms with E-state index in [0.29, 0.717) is 23.8 Å². The first kappa shape index (κ1) is 13.1. The van der Waals surface area contributed by atoms with E-state index >= 15 is 0 Å². The Hall–Kier alpha value is -1.36. The average molecular weight is 312 g/mol. The van der Waals surface area contributed by atoms with Crippen LogP contribution in [0.1, 0.15) is 37.6 Å². The molecule has 0 atom stereocenters. The monoisotopic (exact) mass is 311 g/mol. The maximum absolute atomic E-state index is 10.5. The number of aryl methyl sites for hydroxylation is 1. The van der Waals surface area contributed by atoms with Crippen molar-refractivity contribution in [2.45, 2.75) is 32.6 Å². The SMILES string of the molecule is CC(C)c1cc(Br)c2oc(CCC(=O)O)nc2c1. The predicted molar refractivity (Wildman–Crippen MR) is 71.8 cm³/mol. The molecule has 1 aromatic carbocycles. The summed E-state index contributed by atoms with van der Waals surface area (Å²) < 4.78 is 6.42. The lowest BCUT2D eigenvalue weighted by Gasteiger charge is -2.04. The Balaban J connectivity index is 2.38. The average Bonchev–Trinajstić information content (AvgIpc) is 2.69. The molecule has 0 amide bonds. The summed E-state index contributed by atoms with van der Waals surface area (Å²) in [6, 6.07) is 4.00. The van der Waals surface area contributed by atoms with Gasteiger partial charge in [-0.25, -0.2) is 4.98 Å². The van der Waals surface area contributed by atoms with Gasteiger partial charge in [-0.2, -0.15) is 0 Å². The number of carboxylic acid groups (broad SMARTS) is 1. The van der Waals surface area contributed by atoms with E-state index in [2.05, 4.69) is 34.8 Å². The Morgan fingerprint density at radius 2 is 2.22 bits per heavy atom. The molecule has 18 heavy (non-hydrogen) atoms. The zero-order valence-corrected chi connectivity index (χ0v) is 11.8. The summed E-state index contributed by atoms with van der Waals surface area (Å²) in [5.74, 6) is 0.0260. The Kier molecular flexibility index (Phi) is 3.71. The van der Waals surface area contributed by atoms with Gasteiger partial charge in [-0.1, -0.05) is 13.8 Å². The van der Waals surface area contributed by atoms with Gasteiger partial charge in [0.2, 0.25) is 0 Å². The quantitative estimate of drug-likeness (QED) is 0.934. The molecule has 2 aromatic rings. The number of oxazole rings is 1. The van der Waals surface area contributed by atoms with Crippen LogP contribution in [0.15, 0.2) is 21.0 Å². The van der Waals surface area contributed by atoms with Crippen LogP contribution in [-0.4, -0.2) is 16.1 Å². The molecule has 0 saturated heterocycles. The zero-order valence-electron chi connectivity index (χ0n) is 10.2. The van der Waals surface area contributed by atoms with Crippen molar-refractivity contribution in [3.05, 3.63) is 28.1 Å². The summed E-state index contributed by atoms with van der Waals surface area (Å²) in [5.41, 5.74) is 2.63. The molecule has 0 saturated carbocycles. The largest absolute Gasteiger partial charge is 0.481 e. The number of nitrogens with zero attached hydrogens (tertiary/aromatic N) is 1. The van der Waals surface area contributed by atoms with E-state index in [1.165, 1.54) is 5.56 Å². The number of hydrogen-bond acceptors (Lipinski definition) is 3. The van der Waals surface area contributed by atoms with Crippen molar-refractivity contribution in [2.75, 3.05) is 0 Å². The molecule has 0 aliphatic heterocycles. The van der Waals surface area contributed by atoms with Crippen LogP contribution in [-0.2, 0) is 11.2 Å². The predicted octanol–water partition coefficient (Wildman–Crippen LogP) is 3.73. The second-order valence-electron chi connectivity index (χ2n) is 4.51.